The van der Waals surface area contributed by atoms with Crippen LogP contribution in [0.15, 0.2) is 0 Å². The first kappa shape index (κ1) is 13.9. The molecule has 1 fully saturated rings. The molecule has 2 heterocycles. The minimum absolute atomic E-state index is 0.0650. The zero-order chi connectivity index (χ0) is 14.2. The van der Waals surface area contributed by atoms with E-state index in [2.05, 4.69) is 14.9 Å². The molecule has 1 atom stereocenters. The fraction of sp³-hybridized carbons (Fsp3) is 0.786. The van der Waals surface area contributed by atoms with E-state index in [1.165, 1.54) is 12.8 Å². The highest BCUT2D eigenvalue weighted by Crippen LogP contribution is 2.36. The number of likely N-dealkylation sites (tertiary alicyclic amines) is 1. The van der Waals surface area contributed by atoms with Crippen molar-refractivity contribution in [1.29, 1.82) is 0 Å². The largest absolute Gasteiger partial charge is 0.392 e. The van der Waals surface area contributed by atoms with Crippen LogP contribution in [0, 0.1) is 5.92 Å². The van der Waals surface area contributed by atoms with Crippen molar-refractivity contribution >= 4 is 0 Å². The third-order valence-corrected chi connectivity index (χ3v) is 4.42. The predicted octanol–water partition coefficient (Wildman–Crippen LogP) is 2.72. The van der Waals surface area contributed by atoms with Crippen molar-refractivity contribution in [3.8, 4) is 0 Å². The highest BCUT2D eigenvalue weighted by molar-refractivity contribution is 5.19. The number of halogens is 3. The monoisotopic (exact) mass is 287 g/mol. The van der Waals surface area contributed by atoms with E-state index in [9.17, 15) is 13.2 Å². The van der Waals surface area contributed by atoms with Crippen LogP contribution in [0.25, 0.3) is 0 Å². The Morgan fingerprint density at radius 2 is 2.00 bits per heavy atom. The average molecular weight is 287 g/mol. The lowest BCUT2D eigenvalue weighted by molar-refractivity contribution is -0.177. The molecule has 3 nitrogen and oxygen atoms in total. The van der Waals surface area contributed by atoms with Crippen LogP contribution in [0.1, 0.15) is 36.5 Å². The Morgan fingerprint density at radius 1 is 1.25 bits per heavy atom. The molecule has 1 aromatic rings. The van der Waals surface area contributed by atoms with E-state index in [-0.39, 0.29) is 12.8 Å². The molecule has 0 spiro atoms. The highest BCUT2D eigenvalue weighted by Gasteiger charge is 2.41. The Labute approximate surface area is 116 Å². The van der Waals surface area contributed by atoms with Crippen LogP contribution in [0.2, 0.25) is 0 Å². The van der Waals surface area contributed by atoms with E-state index in [0.29, 0.717) is 12.1 Å². The van der Waals surface area contributed by atoms with Crippen LogP contribution in [0.5, 0.6) is 0 Å². The summed E-state index contributed by atoms with van der Waals surface area (Å²) in [6, 6.07) is 0. The molecule has 0 radical (unpaired) electrons. The molecule has 0 amide bonds. The second kappa shape index (κ2) is 5.39. The predicted molar refractivity (Wildman–Crippen MR) is 69.5 cm³/mol. The van der Waals surface area contributed by atoms with Crippen LogP contribution in [-0.2, 0) is 19.3 Å². The Kier molecular flexibility index (Phi) is 3.75. The molecule has 1 aromatic heterocycles. The van der Waals surface area contributed by atoms with Gasteiger partial charge in [-0.05, 0) is 38.8 Å². The maximum Gasteiger partial charge on any atom is 0.392 e. The van der Waals surface area contributed by atoms with Gasteiger partial charge >= 0.3 is 6.18 Å². The van der Waals surface area contributed by atoms with Crippen molar-refractivity contribution in [2.75, 3.05) is 19.6 Å². The summed E-state index contributed by atoms with van der Waals surface area (Å²) >= 11 is 0. The lowest BCUT2D eigenvalue weighted by Gasteiger charge is -2.23. The minimum Gasteiger partial charge on any atom is -0.346 e. The first-order valence-corrected chi connectivity index (χ1v) is 7.38. The van der Waals surface area contributed by atoms with E-state index in [1.54, 1.807) is 0 Å². The Balaban J connectivity index is 1.61. The zero-order valence-corrected chi connectivity index (χ0v) is 11.5. The third-order valence-electron chi connectivity index (χ3n) is 4.42. The van der Waals surface area contributed by atoms with Crippen molar-refractivity contribution in [3.63, 3.8) is 0 Å². The molecule has 1 aliphatic carbocycles. The summed E-state index contributed by atoms with van der Waals surface area (Å²) in [6.45, 7) is 3.22. The van der Waals surface area contributed by atoms with Gasteiger partial charge in [-0.25, -0.2) is 4.98 Å². The summed E-state index contributed by atoms with van der Waals surface area (Å²) in [5.74, 6) is -0.355. The first-order valence-electron chi connectivity index (χ1n) is 7.38. The van der Waals surface area contributed by atoms with Crippen LogP contribution in [0.3, 0.4) is 0 Å². The number of aromatic nitrogens is 2. The summed E-state index contributed by atoms with van der Waals surface area (Å²) in [5, 5.41) is 0. The number of fused-ring (bicyclic) bond motifs is 1. The van der Waals surface area contributed by atoms with Gasteiger partial charge in [-0.15, -0.1) is 0 Å². The van der Waals surface area contributed by atoms with E-state index in [4.69, 9.17) is 0 Å². The molecule has 112 valence electrons. The number of alkyl halides is 3. The maximum atomic E-state index is 12.8. The molecule has 1 saturated heterocycles. The van der Waals surface area contributed by atoms with Gasteiger partial charge in [0.25, 0.3) is 0 Å². The van der Waals surface area contributed by atoms with Gasteiger partial charge in [0.15, 0.2) is 0 Å². The summed E-state index contributed by atoms with van der Waals surface area (Å²) in [7, 11) is 0. The number of rotatable bonds is 3. The van der Waals surface area contributed by atoms with Gasteiger partial charge in [-0.3, -0.25) is 0 Å². The SMILES string of the molecule is FC(F)(F)C1CCc2nc(CCN3CCCC3)[nH]c2C1. The average Bonchev–Trinajstić information content (AvgIpc) is 3.03. The van der Waals surface area contributed by atoms with E-state index in [1.807, 2.05) is 0 Å². The topological polar surface area (TPSA) is 31.9 Å². The highest BCUT2D eigenvalue weighted by atomic mass is 19.4. The first-order chi connectivity index (χ1) is 9.52. The number of aryl methyl sites for hydroxylation is 1. The van der Waals surface area contributed by atoms with Gasteiger partial charge in [-0.2, -0.15) is 13.2 Å². The summed E-state index contributed by atoms with van der Waals surface area (Å²) in [5.41, 5.74) is 1.55. The van der Waals surface area contributed by atoms with Crippen molar-refractivity contribution in [1.82, 2.24) is 14.9 Å². The number of nitrogens with zero attached hydrogens (tertiary/aromatic N) is 2. The smallest absolute Gasteiger partial charge is 0.346 e. The van der Waals surface area contributed by atoms with Crippen LogP contribution in [0.4, 0.5) is 13.2 Å². The standard InChI is InChI=1S/C14H20F3N3/c15-14(16,17)10-3-4-11-12(9-10)19-13(18-11)5-8-20-6-1-2-7-20/h10H,1-9H2,(H,18,19). The summed E-state index contributed by atoms with van der Waals surface area (Å²) < 4.78 is 38.3. The Hall–Kier alpha value is -1.04. The normalized spacial score (nSPS) is 24.1. The van der Waals surface area contributed by atoms with E-state index in [0.717, 1.165) is 37.6 Å². The molecule has 0 saturated carbocycles. The van der Waals surface area contributed by atoms with Crippen LogP contribution < -0.4 is 0 Å². The van der Waals surface area contributed by atoms with Gasteiger partial charge in [-0.1, -0.05) is 0 Å². The van der Waals surface area contributed by atoms with Crippen LogP contribution in [-0.4, -0.2) is 40.7 Å². The molecule has 2 aliphatic rings. The molecule has 0 aromatic carbocycles. The number of hydrogen-bond acceptors (Lipinski definition) is 2. The molecule has 20 heavy (non-hydrogen) atoms. The fourth-order valence-electron chi connectivity index (χ4n) is 3.21. The Bertz CT molecular complexity index is 461. The van der Waals surface area contributed by atoms with Gasteiger partial charge in [0.2, 0.25) is 0 Å². The van der Waals surface area contributed by atoms with E-state index >= 15 is 0 Å². The van der Waals surface area contributed by atoms with Gasteiger partial charge in [0, 0.05) is 25.1 Å². The molecule has 0 bridgehead atoms. The molecule has 3 rings (SSSR count). The summed E-state index contributed by atoms with van der Waals surface area (Å²) in [4.78, 5) is 9.99. The fourth-order valence-corrected chi connectivity index (χ4v) is 3.21. The second-order valence-corrected chi connectivity index (χ2v) is 5.89. The molecule has 6 heteroatoms. The van der Waals surface area contributed by atoms with Gasteiger partial charge < -0.3 is 9.88 Å². The lowest BCUT2D eigenvalue weighted by atomic mass is 9.89. The quantitative estimate of drug-likeness (QED) is 0.927. The molecule has 1 unspecified atom stereocenters. The molecule has 1 aliphatic heterocycles. The van der Waals surface area contributed by atoms with Gasteiger partial charge in [0.1, 0.15) is 5.82 Å². The lowest BCUT2D eigenvalue weighted by Crippen LogP contribution is -2.28. The molecule has 1 N–H and O–H groups in total. The number of imidazole rings is 1. The second-order valence-electron chi connectivity index (χ2n) is 5.89. The maximum absolute atomic E-state index is 12.8. The number of nitrogens with one attached hydrogen (secondary N) is 1. The van der Waals surface area contributed by atoms with Crippen molar-refractivity contribution < 1.29 is 13.2 Å². The van der Waals surface area contributed by atoms with Crippen molar-refractivity contribution in [3.05, 3.63) is 17.2 Å². The number of hydrogen-bond donors (Lipinski definition) is 1. The number of H-pyrrole nitrogens is 1. The third kappa shape index (κ3) is 3.00. The Morgan fingerprint density at radius 3 is 2.70 bits per heavy atom. The van der Waals surface area contributed by atoms with Crippen molar-refractivity contribution in [2.24, 2.45) is 5.92 Å². The summed E-state index contributed by atoms with van der Waals surface area (Å²) in [6.07, 6.45) is -0.0891. The van der Waals surface area contributed by atoms with Gasteiger partial charge in [0.05, 0.1) is 11.6 Å². The molecular weight excluding hydrogens is 267 g/mol. The molecular formula is C14H20F3N3. The number of aromatic amines is 1. The van der Waals surface area contributed by atoms with E-state index < -0.39 is 12.1 Å². The zero-order valence-electron chi connectivity index (χ0n) is 11.5. The van der Waals surface area contributed by atoms with Crippen LogP contribution >= 0.6 is 0 Å². The minimum atomic E-state index is -4.08. The van der Waals surface area contributed by atoms with Crippen molar-refractivity contribution in [2.45, 2.75) is 44.7 Å².